The van der Waals surface area contributed by atoms with Gasteiger partial charge in [-0.1, -0.05) is 0 Å². The maximum Gasteiger partial charge on any atom is 0.259 e. The molecule has 98 valence electrons. The van der Waals surface area contributed by atoms with E-state index in [1.807, 2.05) is 0 Å². The summed E-state index contributed by atoms with van der Waals surface area (Å²) in [6, 6.07) is 0. The van der Waals surface area contributed by atoms with Gasteiger partial charge >= 0.3 is 0 Å². The minimum Gasteiger partial charge on any atom is -0.269 e. The largest absolute Gasteiger partial charge is 0.269 e. The molecule has 0 unspecified atom stereocenters. The maximum absolute atomic E-state index is 11.8. The van der Waals surface area contributed by atoms with Crippen LogP contribution in [0.25, 0.3) is 0 Å². The first-order valence-electron chi connectivity index (χ1n) is 5.66. The van der Waals surface area contributed by atoms with Crippen LogP contribution in [0.15, 0.2) is 22.3 Å². The topological polar surface area (TPSA) is 74.8 Å². The van der Waals surface area contributed by atoms with Crippen molar-refractivity contribution in [3.05, 3.63) is 29.0 Å². The molecule has 0 aromatic carbocycles. The zero-order valence-corrected chi connectivity index (χ0v) is 11.0. The van der Waals surface area contributed by atoms with Gasteiger partial charge in [-0.05, 0) is 27.7 Å². The molecule has 4 amide bonds. The summed E-state index contributed by atoms with van der Waals surface area (Å²) in [7, 11) is 0. The number of hydrogen-bond donors (Lipinski definition) is 0. The highest BCUT2D eigenvalue weighted by Gasteiger charge is 2.41. The molecule has 2 radical (unpaired) electrons. The van der Waals surface area contributed by atoms with Gasteiger partial charge in [-0.2, -0.15) is 0 Å². The van der Waals surface area contributed by atoms with Gasteiger partial charge in [0.05, 0.1) is 0 Å². The van der Waals surface area contributed by atoms with Crippen LogP contribution in [0.5, 0.6) is 0 Å². The van der Waals surface area contributed by atoms with E-state index in [4.69, 9.17) is 0 Å². The molecule has 19 heavy (non-hydrogen) atoms. The highest BCUT2D eigenvalue weighted by molar-refractivity contribution is 6.22. The van der Waals surface area contributed by atoms with Gasteiger partial charge in [0, 0.05) is 22.3 Å². The summed E-state index contributed by atoms with van der Waals surface area (Å²) in [5.41, 5.74) is 1.16. The lowest BCUT2D eigenvalue weighted by Crippen LogP contribution is -2.40. The van der Waals surface area contributed by atoms with Crippen LogP contribution in [-0.2, 0) is 19.2 Å². The van der Waals surface area contributed by atoms with Crippen LogP contribution in [0.3, 0.4) is 0 Å². The fourth-order valence-electron chi connectivity index (χ4n) is 1.78. The van der Waals surface area contributed by atoms with Gasteiger partial charge in [-0.3, -0.25) is 19.2 Å². The molecule has 0 aromatic heterocycles. The van der Waals surface area contributed by atoms with E-state index in [9.17, 15) is 19.2 Å². The van der Waals surface area contributed by atoms with Crippen LogP contribution in [-0.4, -0.2) is 33.4 Å². The fraction of sp³-hybridized carbons (Fsp3) is 0.308. The minimum absolute atomic E-state index is 0.290. The third-order valence-electron chi connectivity index (χ3n) is 3.42. The Balaban J connectivity index is 2.22. The van der Waals surface area contributed by atoms with E-state index in [-0.39, 0.29) is 22.3 Å². The second kappa shape index (κ2) is 4.15. The van der Waals surface area contributed by atoms with Gasteiger partial charge in [0.2, 0.25) is 6.67 Å². The van der Waals surface area contributed by atoms with Crippen LogP contribution >= 0.6 is 0 Å². The first kappa shape index (κ1) is 13.2. The molecule has 6 heteroatoms. The van der Waals surface area contributed by atoms with Crippen molar-refractivity contribution in [1.29, 1.82) is 0 Å². The molecule has 2 aliphatic rings. The number of amides is 4. The molecule has 0 bridgehead atoms. The fourth-order valence-corrected chi connectivity index (χ4v) is 1.78. The van der Waals surface area contributed by atoms with Gasteiger partial charge < -0.3 is 0 Å². The highest BCUT2D eigenvalue weighted by atomic mass is 16.2. The smallest absolute Gasteiger partial charge is 0.259 e. The van der Waals surface area contributed by atoms with E-state index in [0.717, 1.165) is 0 Å². The molecule has 0 aromatic rings. The lowest BCUT2D eigenvalue weighted by Gasteiger charge is -2.19. The molecular weight excluding hydrogens is 248 g/mol. The van der Waals surface area contributed by atoms with Crippen molar-refractivity contribution in [1.82, 2.24) is 9.80 Å². The molecule has 0 saturated carbocycles. The van der Waals surface area contributed by atoms with E-state index in [1.165, 1.54) is 27.7 Å². The molecule has 2 rings (SSSR count). The predicted molar refractivity (Wildman–Crippen MR) is 63.7 cm³/mol. The summed E-state index contributed by atoms with van der Waals surface area (Å²) in [5, 5.41) is 0. The number of carbonyl (C=O) groups is 4. The Hall–Kier alpha value is -2.24. The number of imide groups is 2. The van der Waals surface area contributed by atoms with Crippen molar-refractivity contribution in [3.63, 3.8) is 0 Å². The highest BCUT2D eigenvalue weighted by Crippen LogP contribution is 2.26. The molecule has 2 aliphatic heterocycles. The zero-order chi connectivity index (χ0) is 14.5. The lowest BCUT2D eigenvalue weighted by atomic mass is 10.2. The van der Waals surface area contributed by atoms with E-state index in [2.05, 4.69) is 6.67 Å². The Kier molecular flexibility index (Phi) is 2.88. The summed E-state index contributed by atoms with van der Waals surface area (Å²) in [5.74, 6) is -2.26. The molecular formula is C13H12N2O4. The molecule has 2 heterocycles. The first-order chi connectivity index (χ1) is 8.77. The van der Waals surface area contributed by atoms with Gasteiger partial charge in [0.15, 0.2) is 0 Å². The van der Waals surface area contributed by atoms with Crippen LogP contribution in [0, 0.1) is 6.67 Å². The number of nitrogens with zero attached hydrogens (tertiary/aromatic N) is 2. The summed E-state index contributed by atoms with van der Waals surface area (Å²) >= 11 is 0. The van der Waals surface area contributed by atoms with Crippen LogP contribution in [0.2, 0.25) is 0 Å². The molecule has 0 atom stereocenters. The standard InChI is InChI=1S/C13H12N2O4/c1-6-7(2)11(17)14(10(6)16)5-15-12(18)8(3)9(4)13(15)19/h1-4H3. The van der Waals surface area contributed by atoms with Crippen molar-refractivity contribution in [3.8, 4) is 0 Å². The molecule has 0 aliphatic carbocycles. The molecule has 0 saturated heterocycles. The summed E-state index contributed by atoms with van der Waals surface area (Å²) in [6.07, 6.45) is 0. The molecule has 0 N–H and O–H groups in total. The van der Waals surface area contributed by atoms with Gasteiger partial charge in [0.1, 0.15) is 0 Å². The molecule has 0 fully saturated rings. The second-order valence-electron chi connectivity index (χ2n) is 4.49. The zero-order valence-electron chi connectivity index (χ0n) is 11.0. The number of hydrogen-bond acceptors (Lipinski definition) is 4. The van der Waals surface area contributed by atoms with Crippen LogP contribution in [0.4, 0.5) is 0 Å². The van der Waals surface area contributed by atoms with Crippen molar-refractivity contribution in [2.24, 2.45) is 0 Å². The quantitative estimate of drug-likeness (QED) is 0.673. The summed E-state index contributed by atoms with van der Waals surface area (Å²) in [6.45, 7) is 8.34. The Labute approximate surface area is 110 Å². The first-order valence-corrected chi connectivity index (χ1v) is 5.66. The van der Waals surface area contributed by atoms with E-state index in [1.54, 1.807) is 0 Å². The van der Waals surface area contributed by atoms with Crippen LogP contribution < -0.4 is 0 Å². The average Bonchev–Trinajstić information content (AvgIpc) is 2.68. The number of carbonyl (C=O) groups excluding carboxylic acids is 4. The van der Waals surface area contributed by atoms with Crippen molar-refractivity contribution in [2.75, 3.05) is 0 Å². The van der Waals surface area contributed by atoms with E-state index < -0.39 is 23.6 Å². The Morgan fingerprint density at radius 2 is 0.789 bits per heavy atom. The SMILES string of the molecule is CC1=C(C)C(=O)N([C]N2C(=O)C(C)=C(C)C2=O)C1=O. The van der Waals surface area contributed by atoms with Crippen LogP contribution in [0.1, 0.15) is 27.7 Å². The summed E-state index contributed by atoms with van der Waals surface area (Å²) < 4.78 is 0. The molecule has 6 nitrogen and oxygen atoms in total. The third-order valence-corrected chi connectivity index (χ3v) is 3.42. The van der Waals surface area contributed by atoms with Gasteiger partial charge in [-0.25, -0.2) is 9.80 Å². The van der Waals surface area contributed by atoms with E-state index >= 15 is 0 Å². The summed E-state index contributed by atoms with van der Waals surface area (Å²) in [4.78, 5) is 48.6. The predicted octanol–water partition coefficient (Wildman–Crippen LogP) is 0.393. The minimum atomic E-state index is -0.565. The van der Waals surface area contributed by atoms with Gasteiger partial charge in [-0.15, -0.1) is 0 Å². The third kappa shape index (κ3) is 1.71. The lowest BCUT2D eigenvalue weighted by molar-refractivity contribution is -0.142. The van der Waals surface area contributed by atoms with E-state index in [0.29, 0.717) is 9.80 Å². The Morgan fingerprint density at radius 1 is 0.579 bits per heavy atom. The van der Waals surface area contributed by atoms with Gasteiger partial charge in [0.25, 0.3) is 23.6 Å². The monoisotopic (exact) mass is 260 g/mol. The van der Waals surface area contributed by atoms with Crippen molar-refractivity contribution in [2.45, 2.75) is 27.7 Å². The van der Waals surface area contributed by atoms with Crippen molar-refractivity contribution < 1.29 is 19.2 Å². The second-order valence-corrected chi connectivity index (χ2v) is 4.49. The number of rotatable bonds is 2. The Bertz CT molecular complexity index is 498. The maximum atomic E-state index is 11.8. The van der Waals surface area contributed by atoms with Crippen molar-refractivity contribution >= 4 is 23.6 Å². The normalized spacial score (nSPS) is 20.6. The Morgan fingerprint density at radius 3 is 1.00 bits per heavy atom. The average molecular weight is 260 g/mol. The molecule has 0 spiro atoms.